The molecule has 0 fully saturated rings. The standard InChI is InChI=1S/C19H15NO4S2/c1-2-10-20-26(22,23)16-7-5-6-14(11-16)19(21)24-12-15-13-25-18-9-4-3-8-17(15)18/h1,3-9,11,13,20H,10,12H2. The van der Waals surface area contributed by atoms with Crippen LogP contribution in [0.4, 0.5) is 0 Å². The lowest BCUT2D eigenvalue weighted by Gasteiger charge is -2.07. The summed E-state index contributed by atoms with van der Waals surface area (Å²) in [6.45, 7) is -0.00257. The molecule has 0 aliphatic carbocycles. The number of benzene rings is 2. The van der Waals surface area contributed by atoms with Crippen LogP contribution in [0.25, 0.3) is 10.1 Å². The first kappa shape index (κ1) is 18.1. The first-order valence-corrected chi connectivity index (χ1v) is 10.0. The Labute approximate surface area is 155 Å². The molecule has 26 heavy (non-hydrogen) atoms. The van der Waals surface area contributed by atoms with Crippen molar-refractivity contribution in [1.82, 2.24) is 4.72 Å². The summed E-state index contributed by atoms with van der Waals surface area (Å²) in [6.07, 6.45) is 5.07. The Morgan fingerprint density at radius 3 is 2.81 bits per heavy atom. The van der Waals surface area contributed by atoms with Gasteiger partial charge in [0.25, 0.3) is 0 Å². The fourth-order valence-electron chi connectivity index (χ4n) is 2.38. The van der Waals surface area contributed by atoms with Gasteiger partial charge in [-0.2, -0.15) is 4.72 Å². The van der Waals surface area contributed by atoms with E-state index >= 15 is 0 Å². The molecule has 0 bridgehead atoms. The number of ether oxygens (including phenoxy) is 1. The summed E-state index contributed by atoms with van der Waals surface area (Å²) >= 11 is 1.58. The Morgan fingerprint density at radius 2 is 2.00 bits per heavy atom. The fourth-order valence-corrected chi connectivity index (χ4v) is 4.31. The molecule has 0 radical (unpaired) electrons. The third kappa shape index (κ3) is 3.94. The smallest absolute Gasteiger partial charge is 0.338 e. The van der Waals surface area contributed by atoms with E-state index in [1.807, 2.05) is 29.6 Å². The normalized spacial score (nSPS) is 11.2. The second kappa shape index (κ2) is 7.70. The minimum atomic E-state index is -3.76. The molecule has 1 N–H and O–H groups in total. The largest absolute Gasteiger partial charge is 0.457 e. The van der Waals surface area contributed by atoms with Gasteiger partial charge >= 0.3 is 5.97 Å². The van der Waals surface area contributed by atoms with Gasteiger partial charge in [-0.3, -0.25) is 0 Å². The number of thiophene rings is 1. The number of nitrogens with one attached hydrogen (secondary N) is 1. The lowest BCUT2D eigenvalue weighted by Crippen LogP contribution is -2.24. The van der Waals surface area contributed by atoms with Gasteiger partial charge < -0.3 is 4.74 Å². The van der Waals surface area contributed by atoms with Crippen molar-refractivity contribution in [3.8, 4) is 12.3 Å². The maximum Gasteiger partial charge on any atom is 0.338 e. The van der Waals surface area contributed by atoms with E-state index in [4.69, 9.17) is 11.2 Å². The summed E-state index contributed by atoms with van der Waals surface area (Å²) in [5.74, 6) is 1.61. The van der Waals surface area contributed by atoms with Gasteiger partial charge in [0.2, 0.25) is 10.0 Å². The molecule has 0 saturated heterocycles. The molecule has 0 aliphatic rings. The van der Waals surface area contributed by atoms with Crippen molar-refractivity contribution in [1.29, 1.82) is 0 Å². The molecule has 5 nitrogen and oxygen atoms in total. The zero-order valence-electron chi connectivity index (χ0n) is 13.6. The van der Waals surface area contributed by atoms with Crippen molar-refractivity contribution < 1.29 is 17.9 Å². The molecule has 0 amide bonds. The second-order valence-electron chi connectivity index (χ2n) is 5.39. The predicted molar refractivity (Wildman–Crippen MR) is 101 cm³/mol. The average Bonchev–Trinajstić information content (AvgIpc) is 3.08. The van der Waals surface area contributed by atoms with Crippen LogP contribution >= 0.6 is 11.3 Å². The Kier molecular flexibility index (Phi) is 5.38. The highest BCUT2D eigenvalue weighted by atomic mass is 32.2. The Balaban J connectivity index is 1.74. The van der Waals surface area contributed by atoms with E-state index in [1.54, 1.807) is 11.3 Å². The average molecular weight is 385 g/mol. The van der Waals surface area contributed by atoms with Crippen LogP contribution in [0, 0.1) is 12.3 Å². The highest BCUT2D eigenvalue weighted by Crippen LogP contribution is 2.26. The van der Waals surface area contributed by atoms with Crippen LogP contribution in [-0.4, -0.2) is 20.9 Å². The van der Waals surface area contributed by atoms with Crippen LogP contribution in [0.5, 0.6) is 0 Å². The van der Waals surface area contributed by atoms with Gasteiger partial charge in [0.05, 0.1) is 17.0 Å². The lowest BCUT2D eigenvalue weighted by molar-refractivity contribution is 0.0474. The molecule has 3 aromatic rings. The van der Waals surface area contributed by atoms with Gasteiger partial charge in [0.15, 0.2) is 0 Å². The molecular formula is C19H15NO4S2. The van der Waals surface area contributed by atoms with Crippen molar-refractivity contribution in [2.75, 3.05) is 6.54 Å². The van der Waals surface area contributed by atoms with E-state index in [1.165, 1.54) is 24.3 Å². The third-order valence-electron chi connectivity index (χ3n) is 3.66. The molecule has 0 spiro atoms. The van der Waals surface area contributed by atoms with E-state index in [0.29, 0.717) is 0 Å². The summed E-state index contributed by atoms with van der Waals surface area (Å²) in [4.78, 5) is 12.3. The molecule has 3 rings (SSSR count). The van der Waals surface area contributed by atoms with Gasteiger partial charge in [-0.15, -0.1) is 17.8 Å². The van der Waals surface area contributed by atoms with E-state index in [0.717, 1.165) is 15.6 Å². The molecule has 1 aromatic heterocycles. The summed E-state index contributed by atoms with van der Waals surface area (Å²) in [5, 5.41) is 2.99. The third-order valence-corrected chi connectivity index (χ3v) is 6.08. The number of rotatable bonds is 6. The van der Waals surface area contributed by atoms with Crippen LogP contribution in [0.1, 0.15) is 15.9 Å². The monoisotopic (exact) mass is 385 g/mol. The van der Waals surface area contributed by atoms with E-state index < -0.39 is 16.0 Å². The highest BCUT2D eigenvalue weighted by molar-refractivity contribution is 7.89. The number of terminal acetylenes is 1. The van der Waals surface area contributed by atoms with Crippen molar-refractivity contribution in [3.63, 3.8) is 0 Å². The minimum absolute atomic E-state index is 0.0387. The molecule has 1 heterocycles. The molecular weight excluding hydrogens is 370 g/mol. The van der Waals surface area contributed by atoms with E-state index in [2.05, 4.69) is 10.6 Å². The second-order valence-corrected chi connectivity index (χ2v) is 8.07. The molecule has 132 valence electrons. The van der Waals surface area contributed by atoms with Gasteiger partial charge in [-0.25, -0.2) is 13.2 Å². The zero-order valence-corrected chi connectivity index (χ0v) is 15.3. The number of fused-ring (bicyclic) bond motifs is 1. The minimum Gasteiger partial charge on any atom is -0.457 e. The van der Waals surface area contributed by atoms with Gasteiger partial charge in [-0.1, -0.05) is 30.2 Å². The van der Waals surface area contributed by atoms with E-state index in [9.17, 15) is 13.2 Å². The van der Waals surface area contributed by atoms with Crippen LogP contribution < -0.4 is 4.72 Å². The van der Waals surface area contributed by atoms with Crippen LogP contribution in [-0.2, 0) is 21.4 Å². The number of esters is 1. The summed E-state index contributed by atoms with van der Waals surface area (Å²) in [6, 6.07) is 13.5. The number of carbonyl (C=O) groups is 1. The lowest BCUT2D eigenvalue weighted by atomic mass is 10.2. The van der Waals surface area contributed by atoms with Crippen molar-refractivity contribution in [3.05, 3.63) is 65.0 Å². The molecule has 0 atom stereocenters. The molecule has 0 aliphatic heterocycles. The van der Waals surface area contributed by atoms with Gasteiger partial charge in [0, 0.05) is 10.3 Å². The number of carbonyl (C=O) groups excluding carboxylic acids is 1. The number of hydrogen-bond donors (Lipinski definition) is 1. The quantitative estimate of drug-likeness (QED) is 0.523. The SMILES string of the molecule is C#CCNS(=O)(=O)c1cccc(C(=O)OCc2csc3ccccc23)c1. The Bertz CT molecular complexity index is 1090. The maximum atomic E-state index is 12.3. The summed E-state index contributed by atoms with van der Waals surface area (Å²) < 4.78 is 32.9. The first-order chi connectivity index (χ1) is 12.5. The van der Waals surface area contributed by atoms with E-state index in [-0.39, 0.29) is 23.6 Å². The molecule has 0 unspecified atom stereocenters. The zero-order chi connectivity index (χ0) is 18.6. The summed E-state index contributed by atoms with van der Waals surface area (Å²) in [5.41, 5.74) is 1.08. The van der Waals surface area contributed by atoms with Crippen molar-refractivity contribution >= 4 is 37.4 Å². The number of hydrogen-bond acceptors (Lipinski definition) is 5. The molecule has 0 saturated carbocycles. The molecule has 7 heteroatoms. The topological polar surface area (TPSA) is 72.5 Å². The number of sulfonamides is 1. The first-order valence-electron chi connectivity index (χ1n) is 7.67. The van der Waals surface area contributed by atoms with Gasteiger partial charge in [-0.05, 0) is 35.0 Å². The van der Waals surface area contributed by atoms with Crippen LogP contribution in [0.15, 0.2) is 58.8 Å². The highest BCUT2D eigenvalue weighted by Gasteiger charge is 2.16. The van der Waals surface area contributed by atoms with Crippen molar-refractivity contribution in [2.24, 2.45) is 0 Å². The maximum absolute atomic E-state index is 12.3. The summed E-state index contributed by atoms with van der Waals surface area (Å²) in [7, 11) is -3.76. The molecule has 2 aromatic carbocycles. The predicted octanol–water partition coefficient (Wildman–Crippen LogP) is 3.17. The Morgan fingerprint density at radius 1 is 1.19 bits per heavy atom. The van der Waals surface area contributed by atoms with Gasteiger partial charge in [0.1, 0.15) is 6.61 Å². The van der Waals surface area contributed by atoms with Crippen LogP contribution in [0.2, 0.25) is 0 Å². The Hall–Kier alpha value is -2.66. The van der Waals surface area contributed by atoms with Crippen LogP contribution in [0.3, 0.4) is 0 Å². The van der Waals surface area contributed by atoms with Crippen molar-refractivity contribution in [2.45, 2.75) is 11.5 Å². The fraction of sp³-hybridized carbons (Fsp3) is 0.105.